The van der Waals surface area contributed by atoms with Crippen molar-refractivity contribution in [2.75, 3.05) is 26.2 Å². The van der Waals surface area contributed by atoms with E-state index in [0.29, 0.717) is 45.4 Å². The second kappa shape index (κ2) is 9.96. The van der Waals surface area contributed by atoms with Crippen LogP contribution in [0.5, 0.6) is 5.75 Å². The largest absolute Gasteiger partial charge is 0.486 e. The van der Waals surface area contributed by atoms with Crippen molar-refractivity contribution in [3.63, 3.8) is 0 Å². The molecule has 1 aromatic heterocycles. The Labute approximate surface area is 196 Å². The summed E-state index contributed by atoms with van der Waals surface area (Å²) in [6, 6.07) is 16.1. The molecule has 0 spiro atoms. The number of rotatable bonds is 6. The molecule has 0 bridgehead atoms. The highest BCUT2D eigenvalue weighted by Gasteiger charge is 2.24. The first-order valence-electron chi connectivity index (χ1n) is 9.90. The number of carbonyl (C=O) groups excluding carboxylic acids is 1. The van der Waals surface area contributed by atoms with E-state index in [4.69, 9.17) is 44.0 Å². The van der Waals surface area contributed by atoms with Crippen LogP contribution in [0.3, 0.4) is 0 Å². The van der Waals surface area contributed by atoms with Crippen LogP contribution in [-0.2, 0) is 13.2 Å². The predicted molar refractivity (Wildman–Crippen MR) is 122 cm³/mol. The third-order valence-corrected chi connectivity index (χ3v) is 5.97. The standard InChI is InChI=1S/C23H21Cl3N2O3/c24-17-3-5-19(6-4-17)30-15-20-7-8-22(31-20)23(29)28-11-9-27(10-12-28)14-16-1-2-18(25)13-21(16)26/h1-8,13H,9-12,14-15H2. The predicted octanol–water partition coefficient (Wildman–Crippen LogP) is 5.78. The normalized spacial score (nSPS) is 14.6. The van der Waals surface area contributed by atoms with E-state index >= 15 is 0 Å². The van der Waals surface area contributed by atoms with Crippen molar-refractivity contribution in [3.8, 4) is 5.75 Å². The Balaban J connectivity index is 1.28. The molecule has 2 aromatic carbocycles. The lowest BCUT2D eigenvalue weighted by molar-refractivity contribution is 0.0594. The van der Waals surface area contributed by atoms with Crippen molar-refractivity contribution in [2.24, 2.45) is 0 Å². The molecular formula is C23H21Cl3N2O3. The number of carbonyl (C=O) groups is 1. The van der Waals surface area contributed by atoms with Crippen molar-refractivity contribution >= 4 is 40.7 Å². The Morgan fingerprint density at radius 2 is 1.61 bits per heavy atom. The van der Waals surface area contributed by atoms with Gasteiger partial charge in [-0.2, -0.15) is 0 Å². The lowest BCUT2D eigenvalue weighted by Crippen LogP contribution is -2.48. The van der Waals surface area contributed by atoms with Gasteiger partial charge in [-0.3, -0.25) is 9.69 Å². The summed E-state index contributed by atoms with van der Waals surface area (Å²) in [5.41, 5.74) is 1.03. The van der Waals surface area contributed by atoms with Crippen LogP contribution in [0.15, 0.2) is 59.0 Å². The Morgan fingerprint density at radius 3 is 2.32 bits per heavy atom. The molecule has 0 atom stereocenters. The second-order valence-corrected chi connectivity index (χ2v) is 8.59. The molecule has 1 amide bonds. The van der Waals surface area contributed by atoms with Crippen LogP contribution < -0.4 is 4.74 Å². The number of piperazine rings is 1. The fourth-order valence-electron chi connectivity index (χ4n) is 3.41. The monoisotopic (exact) mass is 478 g/mol. The van der Waals surface area contributed by atoms with Gasteiger partial charge < -0.3 is 14.1 Å². The van der Waals surface area contributed by atoms with Gasteiger partial charge in [-0.25, -0.2) is 0 Å². The number of ether oxygens (including phenoxy) is 1. The van der Waals surface area contributed by atoms with Gasteiger partial charge in [0, 0.05) is 47.8 Å². The topological polar surface area (TPSA) is 45.9 Å². The fourth-order valence-corrected chi connectivity index (χ4v) is 4.01. The molecule has 1 fully saturated rings. The fraction of sp³-hybridized carbons (Fsp3) is 0.261. The summed E-state index contributed by atoms with van der Waals surface area (Å²) in [5.74, 6) is 1.49. The van der Waals surface area contributed by atoms with Crippen LogP contribution in [0.1, 0.15) is 21.9 Å². The summed E-state index contributed by atoms with van der Waals surface area (Å²) >= 11 is 18.1. The minimum absolute atomic E-state index is 0.109. The molecule has 8 heteroatoms. The Bertz CT molecular complexity index is 1040. The van der Waals surface area contributed by atoms with Gasteiger partial charge in [0.1, 0.15) is 18.1 Å². The van der Waals surface area contributed by atoms with E-state index in [2.05, 4.69) is 4.90 Å². The van der Waals surface area contributed by atoms with Crippen molar-refractivity contribution in [1.82, 2.24) is 9.80 Å². The number of halogens is 3. The number of furan rings is 1. The lowest BCUT2D eigenvalue weighted by Gasteiger charge is -2.34. The van der Waals surface area contributed by atoms with E-state index in [-0.39, 0.29) is 12.5 Å². The molecule has 162 valence electrons. The number of benzene rings is 2. The molecule has 1 aliphatic rings. The molecule has 31 heavy (non-hydrogen) atoms. The zero-order valence-corrected chi connectivity index (χ0v) is 19.0. The average Bonchev–Trinajstić information content (AvgIpc) is 3.24. The molecule has 0 aliphatic carbocycles. The highest BCUT2D eigenvalue weighted by atomic mass is 35.5. The van der Waals surface area contributed by atoms with Gasteiger partial charge in [0.2, 0.25) is 0 Å². The third kappa shape index (κ3) is 5.74. The first-order valence-corrected chi connectivity index (χ1v) is 11.0. The maximum atomic E-state index is 12.8. The van der Waals surface area contributed by atoms with Gasteiger partial charge >= 0.3 is 0 Å². The van der Waals surface area contributed by atoms with Crippen molar-refractivity contribution < 1.29 is 13.9 Å². The number of amides is 1. The lowest BCUT2D eigenvalue weighted by atomic mass is 10.2. The molecule has 3 aromatic rings. The average molecular weight is 480 g/mol. The molecule has 2 heterocycles. The van der Waals surface area contributed by atoms with Crippen LogP contribution in [0.25, 0.3) is 0 Å². The van der Waals surface area contributed by atoms with Gasteiger partial charge in [-0.1, -0.05) is 40.9 Å². The molecule has 0 unspecified atom stereocenters. The number of hydrogen-bond acceptors (Lipinski definition) is 4. The quantitative estimate of drug-likeness (QED) is 0.450. The van der Waals surface area contributed by atoms with Crippen LogP contribution in [-0.4, -0.2) is 41.9 Å². The van der Waals surface area contributed by atoms with Crippen LogP contribution >= 0.6 is 34.8 Å². The Hall–Kier alpha value is -2.18. The van der Waals surface area contributed by atoms with Crippen LogP contribution in [0.2, 0.25) is 15.1 Å². The first kappa shape index (κ1) is 22.0. The molecule has 0 saturated carbocycles. The van der Waals surface area contributed by atoms with E-state index in [0.717, 1.165) is 25.2 Å². The minimum Gasteiger partial charge on any atom is -0.486 e. The van der Waals surface area contributed by atoms with Crippen LogP contribution in [0, 0.1) is 0 Å². The molecular weight excluding hydrogens is 459 g/mol. The molecule has 1 saturated heterocycles. The summed E-state index contributed by atoms with van der Waals surface area (Å²) in [7, 11) is 0. The molecule has 0 N–H and O–H groups in total. The second-order valence-electron chi connectivity index (χ2n) is 7.31. The zero-order chi connectivity index (χ0) is 21.8. The van der Waals surface area contributed by atoms with Gasteiger partial charge in [0.15, 0.2) is 5.76 Å². The van der Waals surface area contributed by atoms with Gasteiger partial charge in [0.05, 0.1) is 0 Å². The van der Waals surface area contributed by atoms with Gasteiger partial charge in [-0.05, 0) is 54.1 Å². The first-order chi connectivity index (χ1) is 15.0. The third-order valence-electron chi connectivity index (χ3n) is 5.14. The van der Waals surface area contributed by atoms with Gasteiger partial charge in [-0.15, -0.1) is 0 Å². The van der Waals surface area contributed by atoms with E-state index in [1.165, 1.54) is 0 Å². The summed E-state index contributed by atoms with van der Waals surface area (Å²) in [5, 5.41) is 1.94. The molecule has 5 nitrogen and oxygen atoms in total. The summed E-state index contributed by atoms with van der Waals surface area (Å²) in [6.07, 6.45) is 0. The van der Waals surface area contributed by atoms with Crippen molar-refractivity contribution in [2.45, 2.75) is 13.2 Å². The number of nitrogens with zero attached hydrogens (tertiary/aromatic N) is 2. The maximum absolute atomic E-state index is 12.8. The van der Waals surface area contributed by atoms with Crippen molar-refractivity contribution in [3.05, 3.63) is 86.7 Å². The molecule has 1 aliphatic heterocycles. The number of hydrogen-bond donors (Lipinski definition) is 0. The van der Waals surface area contributed by atoms with Crippen LogP contribution in [0.4, 0.5) is 0 Å². The van der Waals surface area contributed by atoms with E-state index in [1.807, 2.05) is 17.0 Å². The van der Waals surface area contributed by atoms with E-state index in [1.54, 1.807) is 42.5 Å². The molecule has 4 rings (SSSR count). The Morgan fingerprint density at radius 1 is 0.903 bits per heavy atom. The summed E-state index contributed by atoms with van der Waals surface area (Å²) in [6.45, 7) is 3.74. The smallest absolute Gasteiger partial charge is 0.289 e. The highest BCUT2D eigenvalue weighted by molar-refractivity contribution is 6.35. The summed E-state index contributed by atoms with van der Waals surface area (Å²) in [4.78, 5) is 16.9. The maximum Gasteiger partial charge on any atom is 0.289 e. The summed E-state index contributed by atoms with van der Waals surface area (Å²) < 4.78 is 11.4. The van der Waals surface area contributed by atoms with E-state index in [9.17, 15) is 4.79 Å². The minimum atomic E-state index is -0.109. The SMILES string of the molecule is O=C(c1ccc(COc2ccc(Cl)cc2)o1)N1CCN(Cc2ccc(Cl)cc2Cl)CC1. The molecule has 0 radical (unpaired) electrons. The highest BCUT2D eigenvalue weighted by Crippen LogP contribution is 2.23. The zero-order valence-electron chi connectivity index (χ0n) is 16.7. The van der Waals surface area contributed by atoms with Gasteiger partial charge in [0.25, 0.3) is 5.91 Å². The van der Waals surface area contributed by atoms with Crippen molar-refractivity contribution in [1.29, 1.82) is 0 Å². The Kier molecular flexibility index (Phi) is 7.08. The van der Waals surface area contributed by atoms with E-state index < -0.39 is 0 Å².